The molecule has 15 heavy (non-hydrogen) atoms. The summed E-state index contributed by atoms with van der Waals surface area (Å²) in [4.78, 5) is 11.1. The van der Waals surface area contributed by atoms with Gasteiger partial charge in [0.15, 0.2) is 0 Å². The van der Waals surface area contributed by atoms with Crippen LogP contribution >= 0.6 is 0 Å². The van der Waals surface area contributed by atoms with Crippen molar-refractivity contribution in [3.63, 3.8) is 0 Å². The highest BCUT2D eigenvalue weighted by Crippen LogP contribution is 2.06. The highest BCUT2D eigenvalue weighted by Gasteiger charge is 2.03. The summed E-state index contributed by atoms with van der Waals surface area (Å²) in [5.74, 6) is -0.578. The van der Waals surface area contributed by atoms with Crippen molar-refractivity contribution in [2.45, 2.75) is 12.8 Å². The van der Waals surface area contributed by atoms with Crippen LogP contribution in [0.5, 0.6) is 0 Å². The zero-order valence-electron chi connectivity index (χ0n) is 8.41. The van der Waals surface area contributed by atoms with E-state index in [1.54, 1.807) is 12.1 Å². The van der Waals surface area contributed by atoms with Gasteiger partial charge in [-0.3, -0.25) is 4.79 Å². The van der Waals surface area contributed by atoms with Crippen LogP contribution in [0, 0.1) is 5.82 Å². The Morgan fingerprint density at radius 3 is 3.00 bits per heavy atom. The average Bonchev–Trinajstić information content (AvgIpc) is 2.23. The van der Waals surface area contributed by atoms with Crippen LogP contribution in [0.1, 0.15) is 12.0 Å². The number of hydrogen-bond donors (Lipinski definition) is 0. The second kappa shape index (κ2) is 5.96. The first kappa shape index (κ1) is 11.4. The van der Waals surface area contributed by atoms with Crippen molar-refractivity contribution < 1.29 is 13.9 Å². The third-order valence-electron chi connectivity index (χ3n) is 1.87. The van der Waals surface area contributed by atoms with Crippen LogP contribution in [-0.4, -0.2) is 12.6 Å². The third-order valence-corrected chi connectivity index (χ3v) is 1.87. The van der Waals surface area contributed by atoms with Gasteiger partial charge in [0.05, 0.1) is 0 Å². The summed E-state index contributed by atoms with van der Waals surface area (Å²) in [6.45, 7) is 3.66. The topological polar surface area (TPSA) is 26.3 Å². The van der Waals surface area contributed by atoms with Gasteiger partial charge in [-0.25, -0.2) is 4.39 Å². The summed E-state index contributed by atoms with van der Waals surface area (Å²) >= 11 is 0. The molecule has 2 nitrogen and oxygen atoms in total. The Bertz CT molecular complexity index is 347. The fourth-order valence-corrected chi connectivity index (χ4v) is 1.16. The molecule has 0 N–H and O–H groups in total. The summed E-state index contributed by atoms with van der Waals surface area (Å²) in [5, 5.41) is 0. The third kappa shape index (κ3) is 4.40. The average molecular weight is 208 g/mol. The maximum absolute atomic E-state index is 12.8. The Morgan fingerprint density at radius 1 is 1.53 bits per heavy atom. The molecule has 0 saturated heterocycles. The Balaban J connectivity index is 2.36. The van der Waals surface area contributed by atoms with Gasteiger partial charge in [0, 0.05) is 6.42 Å². The molecule has 0 aliphatic rings. The predicted octanol–water partition coefficient (Wildman–Crippen LogP) is 2.49. The number of benzene rings is 1. The van der Waals surface area contributed by atoms with Crippen LogP contribution in [0.3, 0.4) is 0 Å². The molecule has 0 heterocycles. The first-order chi connectivity index (χ1) is 7.22. The summed E-state index contributed by atoms with van der Waals surface area (Å²) in [5.41, 5.74) is 0.797. The van der Waals surface area contributed by atoms with Crippen molar-refractivity contribution >= 4 is 5.97 Å². The second-order valence-corrected chi connectivity index (χ2v) is 3.10. The molecular formula is C12H13FO2. The molecule has 0 spiro atoms. The number of hydrogen-bond acceptors (Lipinski definition) is 2. The van der Waals surface area contributed by atoms with E-state index in [-0.39, 0.29) is 24.8 Å². The quantitative estimate of drug-likeness (QED) is 0.549. The molecule has 0 aliphatic carbocycles. The largest absolute Gasteiger partial charge is 0.461 e. The SMILES string of the molecule is C=CCOC(=O)CCc1cccc(F)c1. The Morgan fingerprint density at radius 2 is 2.33 bits per heavy atom. The maximum atomic E-state index is 12.8. The van der Waals surface area contributed by atoms with Crippen molar-refractivity contribution in [2.24, 2.45) is 0 Å². The van der Waals surface area contributed by atoms with Crippen molar-refractivity contribution in [3.8, 4) is 0 Å². The van der Waals surface area contributed by atoms with Crippen LogP contribution in [0.15, 0.2) is 36.9 Å². The molecule has 0 atom stereocenters. The number of carbonyl (C=O) groups is 1. The van der Waals surface area contributed by atoms with Gasteiger partial charge in [0.1, 0.15) is 12.4 Å². The molecule has 0 bridgehead atoms. The molecule has 1 aromatic rings. The van der Waals surface area contributed by atoms with Gasteiger partial charge in [-0.05, 0) is 24.1 Å². The zero-order valence-corrected chi connectivity index (χ0v) is 8.41. The number of halogens is 1. The minimum absolute atomic E-state index is 0.224. The van der Waals surface area contributed by atoms with E-state index < -0.39 is 0 Å². The van der Waals surface area contributed by atoms with Crippen molar-refractivity contribution in [2.75, 3.05) is 6.61 Å². The predicted molar refractivity (Wildman–Crippen MR) is 55.9 cm³/mol. The fraction of sp³-hybridized carbons (Fsp3) is 0.250. The van der Waals surface area contributed by atoms with E-state index in [0.717, 1.165) is 5.56 Å². The smallest absolute Gasteiger partial charge is 0.306 e. The van der Waals surface area contributed by atoms with Gasteiger partial charge in [0.2, 0.25) is 0 Å². The summed E-state index contributed by atoms with van der Waals surface area (Å²) in [6.07, 6.45) is 2.27. The maximum Gasteiger partial charge on any atom is 0.306 e. The zero-order chi connectivity index (χ0) is 11.1. The molecule has 0 fully saturated rings. The van der Waals surface area contributed by atoms with Gasteiger partial charge < -0.3 is 4.74 Å². The van der Waals surface area contributed by atoms with E-state index in [4.69, 9.17) is 4.74 Å². The van der Waals surface area contributed by atoms with Gasteiger partial charge in [0.25, 0.3) is 0 Å². The van der Waals surface area contributed by atoms with Crippen LogP contribution < -0.4 is 0 Å². The fourth-order valence-electron chi connectivity index (χ4n) is 1.16. The number of esters is 1. The van der Waals surface area contributed by atoms with Crippen LogP contribution in [0.4, 0.5) is 4.39 Å². The molecular weight excluding hydrogens is 195 g/mol. The van der Waals surface area contributed by atoms with E-state index in [1.165, 1.54) is 18.2 Å². The van der Waals surface area contributed by atoms with Gasteiger partial charge in [-0.1, -0.05) is 24.8 Å². The van der Waals surface area contributed by atoms with E-state index in [2.05, 4.69) is 6.58 Å². The first-order valence-corrected chi connectivity index (χ1v) is 4.73. The molecule has 1 rings (SSSR count). The highest BCUT2D eigenvalue weighted by molar-refractivity contribution is 5.69. The van der Waals surface area contributed by atoms with Crippen molar-refractivity contribution in [1.82, 2.24) is 0 Å². The highest BCUT2D eigenvalue weighted by atomic mass is 19.1. The summed E-state index contributed by atoms with van der Waals surface area (Å²) in [6, 6.07) is 6.20. The number of rotatable bonds is 5. The van der Waals surface area contributed by atoms with E-state index >= 15 is 0 Å². The van der Waals surface area contributed by atoms with E-state index in [9.17, 15) is 9.18 Å². The molecule has 0 saturated carbocycles. The van der Waals surface area contributed by atoms with Crippen molar-refractivity contribution in [1.29, 1.82) is 0 Å². The summed E-state index contributed by atoms with van der Waals surface area (Å²) in [7, 11) is 0. The van der Waals surface area contributed by atoms with Crippen LogP contribution in [0.2, 0.25) is 0 Å². The Labute approximate surface area is 88.4 Å². The Hall–Kier alpha value is -1.64. The lowest BCUT2D eigenvalue weighted by Crippen LogP contribution is -2.05. The minimum atomic E-state index is -0.292. The van der Waals surface area contributed by atoms with Gasteiger partial charge in [-0.15, -0.1) is 0 Å². The number of ether oxygens (including phenoxy) is 1. The molecule has 80 valence electrons. The second-order valence-electron chi connectivity index (χ2n) is 3.10. The van der Waals surface area contributed by atoms with Crippen LogP contribution in [-0.2, 0) is 16.0 Å². The molecule has 0 radical (unpaired) electrons. The molecule has 0 aromatic heterocycles. The molecule has 1 aromatic carbocycles. The first-order valence-electron chi connectivity index (χ1n) is 4.73. The molecule has 0 amide bonds. The van der Waals surface area contributed by atoms with E-state index in [0.29, 0.717) is 6.42 Å². The lowest BCUT2D eigenvalue weighted by molar-refractivity contribution is -0.142. The monoisotopic (exact) mass is 208 g/mol. The van der Waals surface area contributed by atoms with Crippen molar-refractivity contribution in [3.05, 3.63) is 48.3 Å². The lowest BCUT2D eigenvalue weighted by atomic mass is 10.1. The molecule has 0 aliphatic heterocycles. The number of aryl methyl sites for hydroxylation is 1. The lowest BCUT2D eigenvalue weighted by Gasteiger charge is -2.02. The molecule has 3 heteroatoms. The summed E-state index contributed by atoms with van der Waals surface area (Å²) < 4.78 is 17.6. The Kier molecular flexibility index (Phi) is 4.54. The standard InChI is InChI=1S/C12H13FO2/c1-2-8-15-12(14)7-6-10-4-3-5-11(13)9-10/h2-5,9H,1,6-8H2. The number of carbonyl (C=O) groups excluding carboxylic acids is 1. The van der Waals surface area contributed by atoms with Gasteiger partial charge >= 0.3 is 5.97 Å². The van der Waals surface area contributed by atoms with Crippen LogP contribution in [0.25, 0.3) is 0 Å². The normalized spacial score (nSPS) is 9.67. The molecule has 0 unspecified atom stereocenters. The van der Waals surface area contributed by atoms with Gasteiger partial charge in [-0.2, -0.15) is 0 Å². The minimum Gasteiger partial charge on any atom is -0.461 e. The van der Waals surface area contributed by atoms with E-state index in [1.807, 2.05) is 0 Å².